The summed E-state index contributed by atoms with van der Waals surface area (Å²) in [5, 5.41) is 15.5. The molecule has 0 spiro atoms. The lowest BCUT2D eigenvalue weighted by atomic mass is 10.1. The number of nitrogens with zero attached hydrogens (tertiary/aromatic N) is 2. The van der Waals surface area contributed by atoms with Crippen molar-refractivity contribution in [2.75, 3.05) is 7.05 Å². The zero-order chi connectivity index (χ0) is 13.5. The smallest absolute Gasteiger partial charge is 0.191 e. The van der Waals surface area contributed by atoms with E-state index in [0.29, 0.717) is 11.6 Å². The van der Waals surface area contributed by atoms with Crippen molar-refractivity contribution in [3.05, 3.63) is 35.4 Å². The summed E-state index contributed by atoms with van der Waals surface area (Å²) < 4.78 is 0. The van der Waals surface area contributed by atoms with E-state index in [-0.39, 0.29) is 0 Å². The van der Waals surface area contributed by atoms with Crippen LogP contribution in [0.2, 0.25) is 0 Å². The van der Waals surface area contributed by atoms with E-state index in [1.807, 2.05) is 24.3 Å². The fourth-order valence-corrected chi connectivity index (χ4v) is 2.34. The Balaban J connectivity index is 1.83. The van der Waals surface area contributed by atoms with E-state index < -0.39 is 0 Å². The highest BCUT2D eigenvalue weighted by Crippen LogP contribution is 2.17. The molecule has 1 aromatic carbocycles. The van der Waals surface area contributed by atoms with E-state index in [9.17, 15) is 0 Å². The quantitative estimate of drug-likeness (QED) is 0.643. The van der Waals surface area contributed by atoms with Crippen molar-refractivity contribution in [2.45, 2.75) is 38.3 Å². The van der Waals surface area contributed by atoms with Crippen LogP contribution in [-0.4, -0.2) is 19.0 Å². The minimum atomic E-state index is 0.562. The van der Waals surface area contributed by atoms with Crippen LogP contribution in [0.5, 0.6) is 0 Å². The van der Waals surface area contributed by atoms with Crippen LogP contribution in [0.3, 0.4) is 0 Å². The average Bonchev–Trinajstić information content (AvgIpc) is 2.97. The second kappa shape index (κ2) is 6.79. The number of benzene rings is 1. The molecule has 0 saturated heterocycles. The first-order chi connectivity index (χ1) is 9.31. The SMILES string of the molecule is CN=C(NCc1ccc(C#N)cc1)NC1CCCC1. The summed E-state index contributed by atoms with van der Waals surface area (Å²) in [6.07, 6.45) is 5.09. The number of hydrogen-bond donors (Lipinski definition) is 2. The monoisotopic (exact) mass is 256 g/mol. The summed E-state index contributed by atoms with van der Waals surface area (Å²) in [5.41, 5.74) is 1.84. The van der Waals surface area contributed by atoms with Gasteiger partial charge in [-0.3, -0.25) is 4.99 Å². The molecule has 1 aromatic rings. The fraction of sp³-hybridized carbons (Fsp3) is 0.467. The highest BCUT2D eigenvalue weighted by atomic mass is 15.2. The molecule has 19 heavy (non-hydrogen) atoms. The van der Waals surface area contributed by atoms with Crippen LogP contribution in [-0.2, 0) is 6.54 Å². The maximum Gasteiger partial charge on any atom is 0.191 e. The van der Waals surface area contributed by atoms with Gasteiger partial charge in [0.2, 0.25) is 0 Å². The van der Waals surface area contributed by atoms with Gasteiger partial charge in [-0.05, 0) is 30.5 Å². The van der Waals surface area contributed by atoms with Crippen molar-refractivity contribution >= 4 is 5.96 Å². The summed E-state index contributed by atoms with van der Waals surface area (Å²) in [6, 6.07) is 10.3. The molecule has 0 heterocycles. The molecule has 1 aliphatic rings. The summed E-state index contributed by atoms with van der Waals surface area (Å²) in [5.74, 6) is 0.858. The van der Waals surface area contributed by atoms with Gasteiger partial charge in [0.05, 0.1) is 11.6 Å². The van der Waals surface area contributed by atoms with E-state index in [2.05, 4.69) is 21.7 Å². The van der Waals surface area contributed by atoms with Crippen LogP contribution >= 0.6 is 0 Å². The molecule has 0 radical (unpaired) electrons. The van der Waals surface area contributed by atoms with Crippen LogP contribution in [0.1, 0.15) is 36.8 Å². The summed E-state index contributed by atoms with van der Waals surface area (Å²) in [7, 11) is 1.79. The minimum Gasteiger partial charge on any atom is -0.354 e. The minimum absolute atomic E-state index is 0.562. The largest absolute Gasteiger partial charge is 0.354 e. The van der Waals surface area contributed by atoms with Crippen molar-refractivity contribution in [1.29, 1.82) is 5.26 Å². The first-order valence-electron chi connectivity index (χ1n) is 6.78. The second-order valence-electron chi connectivity index (χ2n) is 4.86. The predicted molar refractivity (Wildman–Crippen MR) is 76.7 cm³/mol. The van der Waals surface area contributed by atoms with E-state index >= 15 is 0 Å². The molecule has 0 bridgehead atoms. The van der Waals surface area contributed by atoms with Gasteiger partial charge >= 0.3 is 0 Å². The van der Waals surface area contributed by atoms with Gasteiger partial charge in [-0.15, -0.1) is 0 Å². The number of aliphatic imine (C=N–C) groups is 1. The predicted octanol–water partition coefficient (Wildman–Crippen LogP) is 2.17. The Labute approximate surface area is 114 Å². The van der Waals surface area contributed by atoms with Crippen LogP contribution < -0.4 is 10.6 Å². The Morgan fingerprint density at radius 2 is 2.00 bits per heavy atom. The Morgan fingerprint density at radius 3 is 2.58 bits per heavy atom. The molecular weight excluding hydrogens is 236 g/mol. The van der Waals surface area contributed by atoms with Crippen LogP contribution in [0.15, 0.2) is 29.3 Å². The second-order valence-corrected chi connectivity index (χ2v) is 4.86. The summed E-state index contributed by atoms with van der Waals surface area (Å²) >= 11 is 0. The van der Waals surface area contributed by atoms with Gasteiger partial charge in [0.15, 0.2) is 5.96 Å². The van der Waals surface area contributed by atoms with Gasteiger partial charge in [0, 0.05) is 19.6 Å². The molecule has 0 aliphatic heterocycles. The van der Waals surface area contributed by atoms with Gasteiger partial charge in [-0.1, -0.05) is 25.0 Å². The summed E-state index contributed by atoms with van der Waals surface area (Å²) in [4.78, 5) is 4.24. The molecule has 0 amide bonds. The lowest BCUT2D eigenvalue weighted by Crippen LogP contribution is -2.41. The first kappa shape index (κ1) is 13.4. The molecule has 4 heteroatoms. The first-order valence-corrected chi connectivity index (χ1v) is 6.78. The molecule has 100 valence electrons. The standard InChI is InChI=1S/C15H20N4/c1-17-15(19-14-4-2-3-5-14)18-11-13-8-6-12(10-16)7-9-13/h6-9,14H,2-5,11H2,1H3,(H2,17,18,19). The Morgan fingerprint density at radius 1 is 1.32 bits per heavy atom. The van der Waals surface area contributed by atoms with Crippen molar-refractivity contribution in [3.63, 3.8) is 0 Å². The normalized spacial score (nSPS) is 16.1. The third kappa shape index (κ3) is 3.99. The third-order valence-electron chi connectivity index (χ3n) is 3.46. The van der Waals surface area contributed by atoms with E-state index in [1.165, 1.54) is 25.7 Å². The zero-order valence-corrected chi connectivity index (χ0v) is 11.3. The highest BCUT2D eigenvalue weighted by Gasteiger charge is 2.15. The molecule has 2 N–H and O–H groups in total. The molecule has 1 saturated carbocycles. The van der Waals surface area contributed by atoms with Crippen molar-refractivity contribution in [3.8, 4) is 6.07 Å². The molecule has 1 fully saturated rings. The molecule has 4 nitrogen and oxygen atoms in total. The third-order valence-corrected chi connectivity index (χ3v) is 3.46. The summed E-state index contributed by atoms with van der Waals surface area (Å²) in [6.45, 7) is 0.720. The molecule has 0 aromatic heterocycles. The van der Waals surface area contributed by atoms with Crippen LogP contribution in [0.4, 0.5) is 0 Å². The van der Waals surface area contributed by atoms with Gasteiger partial charge in [0.25, 0.3) is 0 Å². The fourth-order valence-electron chi connectivity index (χ4n) is 2.34. The van der Waals surface area contributed by atoms with Gasteiger partial charge in [-0.2, -0.15) is 5.26 Å². The van der Waals surface area contributed by atoms with E-state index in [0.717, 1.165) is 18.1 Å². The highest BCUT2D eigenvalue weighted by molar-refractivity contribution is 5.79. The van der Waals surface area contributed by atoms with Crippen molar-refractivity contribution < 1.29 is 0 Å². The van der Waals surface area contributed by atoms with Crippen molar-refractivity contribution in [1.82, 2.24) is 10.6 Å². The average molecular weight is 256 g/mol. The lowest BCUT2D eigenvalue weighted by molar-refractivity contribution is 0.613. The number of guanidine groups is 1. The number of nitrogens with one attached hydrogen (secondary N) is 2. The number of rotatable bonds is 3. The Bertz CT molecular complexity index is 464. The van der Waals surface area contributed by atoms with Crippen LogP contribution in [0, 0.1) is 11.3 Å². The van der Waals surface area contributed by atoms with E-state index in [1.54, 1.807) is 7.05 Å². The topological polar surface area (TPSA) is 60.2 Å². The van der Waals surface area contributed by atoms with Gasteiger partial charge in [-0.25, -0.2) is 0 Å². The van der Waals surface area contributed by atoms with Crippen molar-refractivity contribution in [2.24, 2.45) is 4.99 Å². The van der Waals surface area contributed by atoms with E-state index in [4.69, 9.17) is 5.26 Å². The maximum atomic E-state index is 8.75. The van der Waals surface area contributed by atoms with Gasteiger partial charge < -0.3 is 10.6 Å². The lowest BCUT2D eigenvalue weighted by Gasteiger charge is -2.16. The van der Waals surface area contributed by atoms with Gasteiger partial charge in [0.1, 0.15) is 0 Å². The molecular formula is C15H20N4. The molecule has 0 unspecified atom stereocenters. The van der Waals surface area contributed by atoms with Crippen LogP contribution in [0.25, 0.3) is 0 Å². The number of hydrogen-bond acceptors (Lipinski definition) is 2. The number of nitriles is 1. The molecule has 0 atom stereocenters. The maximum absolute atomic E-state index is 8.75. The Kier molecular flexibility index (Phi) is 4.79. The molecule has 2 rings (SSSR count). The Hall–Kier alpha value is -2.02. The zero-order valence-electron chi connectivity index (χ0n) is 11.3. The molecule has 1 aliphatic carbocycles.